The zero-order valence-corrected chi connectivity index (χ0v) is 36.5. The van der Waals surface area contributed by atoms with E-state index in [4.69, 9.17) is 18.5 Å². The summed E-state index contributed by atoms with van der Waals surface area (Å²) >= 11 is 0. The van der Waals surface area contributed by atoms with Gasteiger partial charge in [0.15, 0.2) is 6.10 Å². The number of allylic oxidation sites excluding steroid dienone is 16. The Morgan fingerprint density at radius 1 is 0.554 bits per heavy atom. The van der Waals surface area contributed by atoms with Gasteiger partial charge in [-0.1, -0.05) is 130 Å². The lowest BCUT2D eigenvalue weighted by Crippen LogP contribution is -2.37. The first-order valence-electron chi connectivity index (χ1n) is 21.0. The number of nitrogens with zero attached hydrogens (tertiary/aromatic N) is 1. The molecule has 0 heterocycles. The lowest BCUT2D eigenvalue weighted by molar-refractivity contribution is -0.870. The first-order valence-corrected chi connectivity index (χ1v) is 22.5. The lowest BCUT2D eigenvalue weighted by atomic mass is 10.1. The van der Waals surface area contributed by atoms with Gasteiger partial charge in [0.05, 0.1) is 27.7 Å². The summed E-state index contributed by atoms with van der Waals surface area (Å²) in [4.78, 5) is 35.3. The van der Waals surface area contributed by atoms with Crippen molar-refractivity contribution < 1.29 is 42.1 Å². The van der Waals surface area contributed by atoms with Gasteiger partial charge in [-0.2, -0.15) is 0 Å². The molecule has 0 saturated heterocycles. The molecule has 0 aromatic heterocycles. The number of hydrogen-bond acceptors (Lipinski definition) is 7. The van der Waals surface area contributed by atoms with Crippen LogP contribution in [0.25, 0.3) is 0 Å². The Morgan fingerprint density at radius 2 is 0.982 bits per heavy atom. The molecule has 0 amide bonds. The molecule has 0 saturated carbocycles. The van der Waals surface area contributed by atoms with Crippen LogP contribution in [0.1, 0.15) is 129 Å². The Hall–Kier alpha value is -3.07. The number of phosphoric acid groups is 1. The molecule has 0 spiro atoms. The van der Waals surface area contributed by atoms with Crippen LogP contribution >= 0.6 is 7.82 Å². The van der Waals surface area contributed by atoms with Gasteiger partial charge >= 0.3 is 19.8 Å². The van der Waals surface area contributed by atoms with E-state index in [1.807, 2.05) is 27.2 Å². The summed E-state index contributed by atoms with van der Waals surface area (Å²) in [5, 5.41) is 0. The molecule has 0 bridgehead atoms. The van der Waals surface area contributed by atoms with Crippen LogP contribution in [0.3, 0.4) is 0 Å². The average molecular weight is 803 g/mol. The molecule has 0 fully saturated rings. The topological polar surface area (TPSA) is 108 Å². The molecular weight excluding hydrogens is 725 g/mol. The van der Waals surface area contributed by atoms with E-state index in [9.17, 15) is 19.0 Å². The van der Waals surface area contributed by atoms with Crippen LogP contribution in [0.15, 0.2) is 97.2 Å². The molecule has 0 aliphatic carbocycles. The van der Waals surface area contributed by atoms with E-state index in [2.05, 4.69) is 105 Å². The Morgan fingerprint density at radius 3 is 1.48 bits per heavy atom. The van der Waals surface area contributed by atoms with Gasteiger partial charge in [-0.15, -0.1) is 0 Å². The van der Waals surface area contributed by atoms with Crippen molar-refractivity contribution in [2.45, 2.75) is 136 Å². The standard InChI is InChI=1S/C46H76NO8P/c1-6-8-10-12-14-16-18-20-22-23-25-26-28-30-32-34-36-38-45(48)52-42-44(43-54-56(50,51)53-41-40-47(3,4)5)55-46(49)39-37-35-33-31-29-27-24-21-19-17-15-13-11-9-7-2/h8-11,14-17,20-22,24-26,30,32,44H,6-7,12-13,18-19,23,27-29,31,33-43H2,1-5H3/p+1/b10-8+,11-9+,16-14+,17-15+,22-20+,24-21+,26-25+,32-30+/t44-/m1/s1. The van der Waals surface area contributed by atoms with E-state index < -0.39 is 32.5 Å². The molecule has 9 nitrogen and oxygen atoms in total. The third kappa shape index (κ3) is 40.6. The van der Waals surface area contributed by atoms with Gasteiger partial charge in [0.25, 0.3) is 0 Å². The van der Waals surface area contributed by atoms with Crippen LogP contribution in [-0.2, 0) is 32.7 Å². The van der Waals surface area contributed by atoms with Crippen LogP contribution in [0.2, 0.25) is 0 Å². The predicted molar refractivity (Wildman–Crippen MR) is 233 cm³/mol. The van der Waals surface area contributed by atoms with Gasteiger partial charge in [0, 0.05) is 12.8 Å². The fourth-order valence-corrected chi connectivity index (χ4v) is 5.63. The number of esters is 2. The average Bonchev–Trinajstić information content (AvgIpc) is 3.15. The number of ether oxygens (including phenoxy) is 2. The van der Waals surface area contributed by atoms with E-state index in [0.29, 0.717) is 23.9 Å². The molecule has 0 rings (SSSR count). The molecule has 2 atom stereocenters. The van der Waals surface area contributed by atoms with Gasteiger partial charge in [0.1, 0.15) is 19.8 Å². The quantitative estimate of drug-likeness (QED) is 0.0219. The summed E-state index contributed by atoms with van der Waals surface area (Å²) in [5.41, 5.74) is 0. The van der Waals surface area contributed by atoms with Crippen molar-refractivity contribution in [3.05, 3.63) is 97.2 Å². The first kappa shape index (κ1) is 52.9. The smallest absolute Gasteiger partial charge is 0.462 e. The molecule has 0 aromatic carbocycles. The molecule has 318 valence electrons. The number of quaternary nitrogens is 1. The molecular formula is C46H77NO8P+. The van der Waals surface area contributed by atoms with Gasteiger partial charge in [-0.05, 0) is 83.5 Å². The second kappa shape index (κ2) is 37.5. The summed E-state index contributed by atoms with van der Waals surface area (Å²) < 4.78 is 34.2. The van der Waals surface area contributed by atoms with Crippen LogP contribution < -0.4 is 0 Å². The fourth-order valence-electron chi connectivity index (χ4n) is 4.88. The van der Waals surface area contributed by atoms with E-state index >= 15 is 0 Å². The minimum absolute atomic E-state index is 0.0133. The van der Waals surface area contributed by atoms with E-state index in [1.54, 1.807) is 0 Å². The van der Waals surface area contributed by atoms with Crippen molar-refractivity contribution in [1.29, 1.82) is 0 Å². The summed E-state index contributed by atoms with van der Waals surface area (Å²) in [6, 6.07) is 0. The van der Waals surface area contributed by atoms with Crippen molar-refractivity contribution in [3.8, 4) is 0 Å². The van der Waals surface area contributed by atoms with Crippen LogP contribution in [-0.4, -0.2) is 74.9 Å². The summed E-state index contributed by atoms with van der Waals surface area (Å²) in [5.74, 6) is -0.899. The molecule has 56 heavy (non-hydrogen) atoms. The Kier molecular flexibility index (Phi) is 35.4. The Bertz CT molecular complexity index is 1270. The van der Waals surface area contributed by atoms with Crippen LogP contribution in [0.4, 0.5) is 0 Å². The molecule has 0 radical (unpaired) electrons. The third-order valence-electron chi connectivity index (χ3n) is 8.11. The van der Waals surface area contributed by atoms with Crippen molar-refractivity contribution in [2.24, 2.45) is 0 Å². The Balaban J connectivity index is 4.54. The van der Waals surface area contributed by atoms with Crippen LogP contribution in [0.5, 0.6) is 0 Å². The van der Waals surface area contributed by atoms with E-state index in [0.717, 1.165) is 89.9 Å². The van der Waals surface area contributed by atoms with Crippen molar-refractivity contribution in [1.82, 2.24) is 0 Å². The highest BCUT2D eigenvalue weighted by Gasteiger charge is 2.27. The second-order valence-electron chi connectivity index (χ2n) is 14.6. The van der Waals surface area contributed by atoms with Crippen molar-refractivity contribution >= 4 is 19.8 Å². The number of hydrogen-bond donors (Lipinski definition) is 1. The SMILES string of the molecule is CC/C=C/C/C=C/C/C=C/C/C=C/C/C=C/CCCC(=O)OC[C@H](COP(=O)(O)OCC[N+](C)(C)C)OC(=O)CCCCCCC/C=C/C/C=C/C/C=C/CC. The minimum atomic E-state index is -4.40. The summed E-state index contributed by atoms with van der Waals surface area (Å²) in [7, 11) is 1.41. The van der Waals surface area contributed by atoms with E-state index in [-0.39, 0.29) is 26.1 Å². The zero-order valence-electron chi connectivity index (χ0n) is 35.6. The van der Waals surface area contributed by atoms with Gasteiger partial charge in [-0.25, -0.2) is 4.57 Å². The molecule has 10 heteroatoms. The fraction of sp³-hybridized carbons (Fsp3) is 0.609. The number of likely N-dealkylation sites (N-methyl/N-ethyl adjacent to an activating group) is 1. The number of rotatable bonds is 36. The zero-order chi connectivity index (χ0) is 41.4. The normalized spacial score (nSPS) is 14.6. The highest BCUT2D eigenvalue weighted by Crippen LogP contribution is 2.43. The van der Waals surface area contributed by atoms with E-state index in [1.165, 1.54) is 0 Å². The first-order chi connectivity index (χ1) is 27.0. The number of phosphoric ester groups is 1. The van der Waals surface area contributed by atoms with Crippen molar-refractivity contribution in [3.63, 3.8) is 0 Å². The molecule has 1 unspecified atom stereocenters. The van der Waals surface area contributed by atoms with Crippen LogP contribution in [0, 0.1) is 0 Å². The molecule has 0 aliphatic rings. The second-order valence-corrected chi connectivity index (χ2v) is 16.1. The van der Waals surface area contributed by atoms with Gasteiger partial charge in [-0.3, -0.25) is 18.6 Å². The third-order valence-corrected chi connectivity index (χ3v) is 9.09. The lowest BCUT2D eigenvalue weighted by Gasteiger charge is -2.24. The molecule has 1 N–H and O–H groups in total. The highest BCUT2D eigenvalue weighted by molar-refractivity contribution is 7.47. The number of carbonyl (C=O) groups is 2. The molecule has 0 aromatic rings. The monoisotopic (exact) mass is 803 g/mol. The summed E-state index contributed by atoms with van der Waals surface area (Å²) in [6.07, 6.45) is 48.9. The Labute approximate surface area is 341 Å². The van der Waals surface area contributed by atoms with Crippen molar-refractivity contribution in [2.75, 3.05) is 47.5 Å². The maximum absolute atomic E-state index is 12.7. The van der Waals surface area contributed by atoms with Gasteiger partial charge < -0.3 is 18.9 Å². The number of unbranched alkanes of at least 4 members (excludes halogenated alkanes) is 6. The minimum Gasteiger partial charge on any atom is -0.462 e. The highest BCUT2D eigenvalue weighted by atomic mass is 31.2. The predicted octanol–water partition coefficient (Wildman–Crippen LogP) is 11.8. The molecule has 0 aliphatic heterocycles. The maximum atomic E-state index is 12.7. The largest absolute Gasteiger partial charge is 0.472 e. The maximum Gasteiger partial charge on any atom is 0.472 e. The van der Waals surface area contributed by atoms with Gasteiger partial charge in [0.2, 0.25) is 0 Å². The summed E-state index contributed by atoms with van der Waals surface area (Å²) in [6.45, 7) is 4.07. The number of carbonyl (C=O) groups excluding carboxylic acids is 2.